The molecular weight excluding hydrogens is 216 g/mol. The van der Waals surface area contributed by atoms with Crippen LogP contribution in [0.1, 0.15) is 25.8 Å². The molecule has 1 aromatic rings. The van der Waals surface area contributed by atoms with Gasteiger partial charge in [-0.25, -0.2) is 0 Å². The molecule has 0 spiro atoms. The van der Waals surface area contributed by atoms with Crippen molar-refractivity contribution in [2.24, 2.45) is 0 Å². The number of ether oxygens (including phenoxy) is 2. The minimum atomic E-state index is 0.105. The average molecular weight is 232 g/mol. The Morgan fingerprint density at radius 2 is 2.06 bits per heavy atom. The standard InChI is InChI=1S/C14H16O3/c1-10(7-11(2)15)3-4-12-5-6-13-14(8-12)17-9-16-13/h5-8H,3-4,9H2,1-2H3/b10-7-. The monoisotopic (exact) mass is 232 g/mol. The summed E-state index contributed by atoms with van der Waals surface area (Å²) in [5, 5.41) is 0. The van der Waals surface area contributed by atoms with Crippen LogP contribution in [-0.4, -0.2) is 12.6 Å². The molecule has 0 unspecified atom stereocenters. The van der Waals surface area contributed by atoms with Gasteiger partial charge < -0.3 is 9.47 Å². The molecule has 0 amide bonds. The van der Waals surface area contributed by atoms with E-state index in [9.17, 15) is 4.79 Å². The Morgan fingerprint density at radius 3 is 2.82 bits per heavy atom. The van der Waals surface area contributed by atoms with Crippen molar-refractivity contribution >= 4 is 5.78 Å². The summed E-state index contributed by atoms with van der Waals surface area (Å²) in [6.45, 7) is 3.86. The van der Waals surface area contributed by atoms with Crippen LogP contribution in [0.2, 0.25) is 0 Å². The van der Waals surface area contributed by atoms with Crippen LogP contribution in [0.5, 0.6) is 11.5 Å². The Morgan fingerprint density at radius 1 is 1.29 bits per heavy atom. The lowest BCUT2D eigenvalue weighted by molar-refractivity contribution is -0.112. The van der Waals surface area contributed by atoms with Gasteiger partial charge in [-0.1, -0.05) is 11.6 Å². The molecule has 0 aromatic heterocycles. The van der Waals surface area contributed by atoms with Crippen LogP contribution < -0.4 is 9.47 Å². The average Bonchev–Trinajstić information content (AvgIpc) is 2.72. The van der Waals surface area contributed by atoms with E-state index in [1.165, 1.54) is 5.56 Å². The Balaban J connectivity index is 1.98. The lowest BCUT2D eigenvalue weighted by Gasteiger charge is -2.03. The van der Waals surface area contributed by atoms with Crippen LogP contribution in [0.15, 0.2) is 29.8 Å². The van der Waals surface area contributed by atoms with E-state index in [2.05, 4.69) is 0 Å². The largest absolute Gasteiger partial charge is 0.454 e. The molecule has 0 aliphatic carbocycles. The highest BCUT2D eigenvalue weighted by Crippen LogP contribution is 2.32. The number of hydrogen-bond acceptors (Lipinski definition) is 3. The maximum Gasteiger partial charge on any atom is 0.231 e. The second kappa shape index (κ2) is 5.04. The predicted molar refractivity (Wildman–Crippen MR) is 65.3 cm³/mol. The van der Waals surface area contributed by atoms with Gasteiger partial charge in [0.05, 0.1) is 0 Å². The van der Waals surface area contributed by atoms with Crippen molar-refractivity contribution in [1.29, 1.82) is 0 Å². The Hall–Kier alpha value is -1.77. The lowest BCUT2D eigenvalue weighted by atomic mass is 10.0. The van der Waals surface area contributed by atoms with Gasteiger partial charge in [0.2, 0.25) is 6.79 Å². The first-order valence-corrected chi connectivity index (χ1v) is 5.71. The zero-order chi connectivity index (χ0) is 12.3. The van der Waals surface area contributed by atoms with Gasteiger partial charge in [-0.3, -0.25) is 4.79 Å². The van der Waals surface area contributed by atoms with E-state index in [0.29, 0.717) is 6.79 Å². The molecule has 3 nitrogen and oxygen atoms in total. The molecule has 1 aliphatic heterocycles. The third-order valence-electron chi connectivity index (χ3n) is 2.69. The number of fused-ring (bicyclic) bond motifs is 1. The number of carbonyl (C=O) groups is 1. The second-order valence-corrected chi connectivity index (χ2v) is 4.29. The van der Waals surface area contributed by atoms with E-state index in [-0.39, 0.29) is 5.78 Å². The minimum absolute atomic E-state index is 0.105. The van der Waals surface area contributed by atoms with Crippen LogP contribution in [-0.2, 0) is 11.2 Å². The van der Waals surface area contributed by atoms with E-state index in [1.54, 1.807) is 13.0 Å². The molecule has 3 heteroatoms. The molecule has 1 aliphatic rings. The third-order valence-corrected chi connectivity index (χ3v) is 2.69. The predicted octanol–water partition coefficient (Wildman–Crippen LogP) is 2.88. The number of aryl methyl sites for hydroxylation is 1. The van der Waals surface area contributed by atoms with Gasteiger partial charge in [0.25, 0.3) is 0 Å². The van der Waals surface area contributed by atoms with Gasteiger partial charge in [-0.15, -0.1) is 0 Å². The van der Waals surface area contributed by atoms with Crippen molar-refractivity contribution in [2.75, 3.05) is 6.79 Å². The van der Waals surface area contributed by atoms with Crippen molar-refractivity contribution in [2.45, 2.75) is 26.7 Å². The quantitative estimate of drug-likeness (QED) is 0.749. The molecule has 17 heavy (non-hydrogen) atoms. The number of ketones is 1. The molecular formula is C14H16O3. The number of allylic oxidation sites excluding steroid dienone is 2. The summed E-state index contributed by atoms with van der Waals surface area (Å²) in [6, 6.07) is 5.97. The first kappa shape index (κ1) is 11.7. The first-order chi connectivity index (χ1) is 8.15. The summed E-state index contributed by atoms with van der Waals surface area (Å²) in [5.41, 5.74) is 2.31. The van der Waals surface area contributed by atoms with Crippen LogP contribution in [0.25, 0.3) is 0 Å². The van der Waals surface area contributed by atoms with Gasteiger partial charge in [0.1, 0.15) is 0 Å². The molecule has 0 saturated carbocycles. The smallest absolute Gasteiger partial charge is 0.231 e. The second-order valence-electron chi connectivity index (χ2n) is 4.29. The summed E-state index contributed by atoms with van der Waals surface area (Å²) in [5.74, 6) is 1.73. The van der Waals surface area contributed by atoms with Crippen molar-refractivity contribution in [3.63, 3.8) is 0 Å². The molecule has 0 fully saturated rings. The molecule has 0 N–H and O–H groups in total. The molecule has 0 bridgehead atoms. The normalized spacial score (nSPS) is 13.9. The minimum Gasteiger partial charge on any atom is -0.454 e. The summed E-state index contributed by atoms with van der Waals surface area (Å²) >= 11 is 0. The van der Waals surface area contributed by atoms with Crippen molar-refractivity contribution in [1.82, 2.24) is 0 Å². The first-order valence-electron chi connectivity index (χ1n) is 5.71. The molecule has 1 aromatic carbocycles. The topological polar surface area (TPSA) is 35.5 Å². The Bertz CT molecular complexity index is 461. The summed E-state index contributed by atoms with van der Waals surface area (Å²) in [4.78, 5) is 10.9. The zero-order valence-electron chi connectivity index (χ0n) is 10.2. The zero-order valence-corrected chi connectivity index (χ0v) is 10.2. The number of benzene rings is 1. The molecule has 0 saturated heterocycles. The maximum atomic E-state index is 10.9. The highest BCUT2D eigenvalue weighted by atomic mass is 16.7. The van der Waals surface area contributed by atoms with E-state index in [0.717, 1.165) is 29.9 Å². The third kappa shape index (κ3) is 3.09. The summed E-state index contributed by atoms with van der Waals surface area (Å²) in [6.07, 6.45) is 3.48. The van der Waals surface area contributed by atoms with E-state index >= 15 is 0 Å². The maximum absolute atomic E-state index is 10.9. The van der Waals surface area contributed by atoms with Crippen LogP contribution in [0, 0.1) is 0 Å². The fourth-order valence-corrected chi connectivity index (χ4v) is 1.86. The molecule has 90 valence electrons. The lowest BCUT2D eigenvalue weighted by Crippen LogP contribution is -1.93. The van der Waals surface area contributed by atoms with E-state index < -0.39 is 0 Å². The summed E-state index contributed by atoms with van der Waals surface area (Å²) in [7, 11) is 0. The van der Waals surface area contributed by atoms with Crippen LogP contribution >= 0.6 is 0 Å². The highest BCUT2D eigenvalue weighted by Gasteiger charge is 2.12. The van der Waals surface area contributed by atoms with Gasteiger partial charge >= 0.3 is 0 Å². The van der Waals surface area contributed by atoms with Crippen molar-refractivity contribution < 1.29 is 14.3 Å². The number of hydrogen-bond donors (Lipinski definition) is 0. The highest BCUT2D eigenvalue weighted by molar-refractivity contribution is 5.87. The van der Waals surface area contributed by atoms with E-state index in [1.807, 2.05) is 25.1 Å². The van der Waals surface area contributed by atoms with Gasteiger partial charge in [-0.05, 0) is 50.5 Å². The summed E-state index contributed by atoms with van der Waals surface area (Å²) < 4.78 is 10.6. The number of carbonyl (C=O) groups excluding carboxylic acids is 1. The Labute approximate surface area is 101 Å². The van der Waals surface area contributed by atoms with Crippen molar-refractivity contribution in [3.8, 4) is 11.5 Å². The van der Waals surface area contributed by atoms with E-state index in [4.69, 9.17) is 9.47 Å². The molecule has 1 heterocycles. The fraction of sp³-hybridized carbons (Fsp3) is 0.357. The van der Waals surface area contributed by atoms with Gasteiger partial charge in [-0.2, -0.15) is 0 Å². The molecule has 2 rings (SSSR count). The van der Waals surface area contributed by atoms with Crippen LogP contribution in [0.4, 0.5) is 0 Å². The molecule has 0 atom stereocenters. The van der Waals surface area contributed by atoms with Gasteiger partial charge in [0, 0.05) is 0 Å². The van der Waals surface area contributed by atoms with Crippen LogP contribution in [0.3, 0.4) is 0 Å². The Kier molecular flexibility index (Phi) is 3.47. The molecule has 0 radical (unpaired) electrons. The SMILES string of the molecule is CC(=O)/C=C(/C)CCc1ccc2c(c1)OCO2. The van der Waals surface area contributed by atoms with Crippen molar-refractivity contribution in [3.05, 3.63) is 35.4 Å². The number of rotatable bonds is 4. The van der Waals surface area contributed by atoms with Gasteiger partial charge in [0.15, 0.2) is 17.3 Å². The fourth-order valence-electron chi connectivity index (χ4n) is 1.86.